The number of pyridine rings is 1. The minimum Gasteiger partial charge on any atom is -0.327 e. The van der Waals surface area contributed by atoms with Crippen LogP contribution < -0.4 is 5.32 Å². The number of nitrogens with zero attached hydrogens (tertiary/aromatic N) is 3. The Morgan fingerprint density at radius 1 is 1.30 bits per heavy atom. The van der Waals surface area contributed by atoms with Crippen molar-refractivity contribution in [2.45, 2.75) is 18.9 Å². The van der Waals surface area contributed by atoms with Gasteiger partial charge in [-0.15, -0.1) is 0 Å². The van der Waals surface area contributed by atoms with Gasteiger partial charge in [0.15, 0.2) is 0 Å². The molecule has 10 heteroatoms. The zero-order valence-electron chi connectivity index (χ0n) is 13.9. The molecule has 2 heterocycles. The first kappa shape index (κ1) is 19.1. The number of hydrogen-bond donors (Lipinski definition) is 1. The van der Waals surface area contributed by atoms with Crippen molar-refractivity contribution in [2.75, 3.05) is 11.9 Å². The number of anilines is 1. The van der Waals surface area contributed by atoms with E-state index in [0.717, 1.165) is 6.20 Å². The SMILES string of the molecule is O=C(Nc1ccncc1[N+](=O)[O-])C1CCCN1C(=O)c1cc(Cl)ccc1Cl. The summed E-state index contributed by atoms with van der Waals surface area (Å²) in [5.74, 6) is -0.919. The zero-order valence-corrected chi connectivity index (χ0v) is 15.4. The van der Waals surface area contributed by atoms with Gasteiger partial charge in [-0.05, 0) is 37.1 Å². The molecule has 0 aliphatic carbocycles. The maximum atomic E-state index is 12.8. The number of nitrogens with one attached hydrogen (secondary N) is 1. The van der Waals surface area contributed by atoms with Crippen LogP contribution in [0.2, 0.25) is 10.0 Å². The van der Waals surface area contributed by atoms with Gasteiger partial charge in [0.05, 0.1) is 15.5 Å². The number of carbonyl (C=O) groups excluding carboxylic acids is 2. The van der Waals surface area contributed by atoms with E-state index in [9.17, 15) is 19.7 Å². The number of aromatic nitrogens is 1. The average molecular weight is 409 g/mol. The second-order valence-electron chi connectivity index (χ2n) is 5.92. The van der Waals surface area contributed by atoms with Crippen LogP contribution in [0.1, 0.15) is 23.2 Å². The van der Waals surface area contributed by atoms with Crippen molar-refractivity contribution in [3.63, 3.8) is 0 Å². The van der Waals surface area contributed by atoms with E-state index in [4.69, 9.17) is 23.2 Å². The quantitative estimate of drug-likeness (QED) is 0.614. The molecule has 1 saturated heterocycles. The molecule has 140 valence electrons. The third-order valence-corrected chi connectivity index (χ3v) is 4.79. The van der Waals surface area contributed by atoms with Crippen molar-refractivity contribution in [2.24, 2.45) is 0 Å². The highest BCUT2D eigenvalue weighted by molar-refractivity contribution is 6.35. The molecule has 1 aromatic carbocycles. The normalized spacial score (nSPS) is 16.2. The van der Waals surface area contributed by atoms with E-state index in [2.05, 4.69) is 10.3 Å². The molecule has 0 saturated carbocycles. The molecule has 2 aromatic rings. The fraction of sp³-hybridized carbons (Fsp3) is 0.235. The van der Waals surface area contributed by atoms with Crippen LogP contribution in [0.15, 0.2) is 36.7 Å². The minimum absolute atomic E-state index is 0.0279. The number of amides is 2. The first-order valence-corrected chi connectivity index (χ1v) is 8.79. The smallest absolute Gasteiger partial charge is 0.310 e. The summed E-state index contributed by atoms with van der Waals surface area (Å²) in [6, 6.07) is 5.11. The van der Waals surface area contributed by atoms with Gasteiger partial charge in [-0.2, -0.15) is 0 Å². The Kier molecular flexibility index (Phi) is 5.57. The average Bonchev–Trinajstić information content (AvgIpc) is 3.13. The van der Waals surface area contributed by atoms with E-state index < -0.39 is 22.8 Å². The molecular formula is C17H14Cl2N4O4. The van der Waals surface area contributed by atoms with Crippen LogP contribution in [0, 0.1) is 10.1 Å². The molecule has 1 aliphatic heterocycles. The molecule has 1 unspecified atom stereocenters. The van der Waals surface area contributed by atoms with Crippen LogP contribution in [-0.2, 0) is 4.79 Å². The zero-order chi connectivity index (χ0) is 19.6. The Labute approximate surface area is 164 Å². The third kappa shape index (κ3) is 4.01. The van der Waals surface area contributed by atoms with E-state index in [0.29, 0.717) is 24.4 Å². The van der Waals surface area contributed by atoms with Crippen LogP contribution in [0.25, 0.3) is 0 Å². The summed E-state index contributed by atoms with van der Waals surface area (Å²) in [5, 5.41) is 14.2. The summed E-state index contributed by atoms with van der Waals surface area (Å²) in [5.41, 5.74) is -0.0848. The number of carbonyl (C=O) groups is 2. The molecule has 1 aliphatic rings. The van der Waals surface area contributed by atoms with Crippen molar-refractivity contribution >= 4 is 46.4 Å². The van der Waals surface area contributed by atoms with Gasteiger partial charge < -0.3 is 10.2 Å². The van der Waals surface area contributed by atoms with Crippen molar-refractivity contribution in [3.05, 3.63) is 62.4 Å². The van der Waals surface area contributed by atoms with Gasteiger partial charge >= 0.3 is 5.69 Å². The van der Waals surface area contributed by atoms with Gasteiger partial charge in [-0.25, -0.2) is 0 Å². The van der Waals surface area contributed by atoms with Crippen LogP contribution >= 0.6 is 23.2 Å². The molecule has 8 nitrogen and oxygen atoms in total. The second-order valence-corrected chi connectivity index (χ2v) is 6.76. The number of halogens is 2. The van der Waals surface area contributed by atoms with Gasteiger partial charge in [-0.3, -0.25) is 24.7 Å². The Hall–Kier alpha value is -2.71. The summed E-state index contributed by atoms with van der Waals surface area (Å²) < 4.78 is 0. The molecule has 27 heavy (non-hydrogen) atoms. The standard InChI is InChI=1S/C17H14Cl2N4O4/c18-10-3-4-12(19)11(8-10)17(25)22-7-1-2-14(22)16(24)21-13-5-6-20-9-15(13)23(26)27/h3-6,8-9,14H,1-2,7H2,(H,20,21,24). The lowest BCUT2D eigenvalue weighted by atomic mass is 10.1. The third-order valence-electron chi connectivity index (χ3n) is 4.23. The maximum absolute atomic E-state index is 12.8. The second kappa shape index (κ2) is 7.89. The summed E-state index contributed by atoms with van der Waals surface area (Å²) in [7, 11) is 0. The summed E-state index contributed by atoms with van der Waals surface area (Å²) in [6.45, 7) is 0.373. The fourth-order valence-corrected chi connectivity index (χ4v) is 3.32. The van der Waals surface area contributed by atoms with Gasteiger partial charge in [-0.1, -0.05) is 23.2 Å². The van der Waals surface area contributed by atoms with E-state index in [1.165, 1.54) is 29.3 Å². The van der Waals surface area contributed by atoms with Crippen molar-refractivity contribution in [1.82, 2.24) is 9.88 Å². The maximum Gasteiger partial charge on any atom is 0.310 e. The molecule has 1 N–H and O–H groups in total. The topological polar surface area (TPSA) is 105 Å². The fourth-order valence-electron chi connectivity index (χ4n) is 2.95. The molecular weight excluding hydrogens is 395 g/mol. The highest BCUT2D eigenvalue weighted by Gasteiger charge is 2.36. The predicted octanol–water partition coefficient (Wildman–Crippen LogP) is 3.54. The van der Waals surface area contributed by atoms with Crippen LogP contribution in [0.4, 0.5) is 11.4 Å². The summed E-state index contributed by atoms with van der Waals surface area (Å²) in [6.07, 6.45) is 3.46. The van der Waals surface area contributed by atoms with Crippen molar-refractivity contribution in [3.8, 4) is 0 Å². The lowest BCUT2D eigenvalue weighted by Crippen LogP contribution is -2.43. The monoisotopic (exact) mass is 408 g/mol. The Morgan fingerprint density at radius 2 is 2.07 bits per heavy atom. The molecule has 0 radical (unpaired) electrons. The van der Waals surface area contributed by atoms with Crippen LogP contribution in [0.3, 0.4) is 0 Å². The molecule has 0 bridgehead atoms. The van der Waals surface area contributed by atoms with Crippen molar-refractivity contribution < 1.29 is 14.5 Å². The summed E-state index contributed by atoms with van der Waals surface area (Å²) >= 11 is 12.0. The van der Waals surface area contributed by atoms with Crippen molar-refractivity contribution in [1.29, 1.82) is 0 Å². The van der Waals surface area contributed by atoms with Gasteiger partial charge in [0, 0.05) is 17.8 Å². The van der Waals surface area contributed by atoms with Crippen LogP contribution in [0.5, 0.6) is 0 Å². The van der Waals surface area contributed by atoms with E-state index >= 15 is 0 Å². The molecule has 1 fully saturated rings. The minimum atomic E-state index is -0.764. The van der Waals surface area contributed by atoms with Gasteiger partial charge in [0.2, 0.25) is 5.91 Å². The molecule has 1 aromatic heterocycles. The number of hydrogen-bond acceptors (Lipinski definition) is 5. The highest BCUT2D eigenvalue weighted by atomic mass is 35.5. The van der Waals surface area contributed by atoms with Gasteiger partial charge in [0.25, 0.3) is 5.91 Å². The lowest BCUT2D eigenvalue weighted by Gasteiger charge is -2.24. The van der Waals surface area contributed by atoms with Gasteiger partial charge in [0.1, 0.15) is 17.9 Å². The molecule has 3 rings (SSSR count). The largest absolute Gasteiger partial charge is 0.327 e. The van der Waals surface area contributed by atoms with E-state index in [1.807, 2.05) is 0 Å². The number of nitro groups is 1. The molecule has 0 spiro atoms. The predicted molar refractivity (Wildman–Crippen MR) is 100 cm³/mol. The number of likely N-dealkylation sites (tertiary alicyclic amines) is 1. The Morgan fingerprint density at radius 3 is 2.81 bits per heavy atom. The first-order valence-electron chi connectivity index (χ1n) is 8.04. The first-order chi connectivity index (χ1) is 12.9. The number of benzene rings is 1. The Bertz CT molecular complexity index is 922. The molecule has 2 amide bonds. The van der Waals surface area contributed by atoms with Crippen LogP contribution in [-0.4, -0.2) is 39.2 Å². The molecule has 1 atom stereocenters. The van der Waals surface area contributed by atoms with E-state index in [-0.39, 0.29) is 22.0 Å². The lowest BCUT2D eigenvalue weighted by molar-refractivity contribution is -0.384. The number of rotatable bonds is 4. The van der Waals surface area contributed by atoms with E-state index in [1.54, 1.807) is 6.07 Å². The highest BCUT2D eigenvalue weighted by Crippen LogP contribution is 2.28. The summed E-state index contributed by atoms with van der Waals surface area (Å²) in [4.78, 5) is 41.1. The Balaban J connectivity index is 1.82.